The van der Waals surface area contributed by atoms with Crippen LogP contribution in [0.15, 0.2) is 29.1 Å². The monoisotopic (exact) mass is 547 g/mol. The number of carbonyl (C=O) groups excluding carboxylic acids is 1. The first-order chi connectivity index (χ1) is 14.5. The number of ether oxygens (including phenoxy) is 1. The summed E-state index contributed by atoms with van der Waals surface area (Å²) in [7, 11) is 0. The first-order valence-corrected chi connectivity index (χ1v) is 13.0. The summed E-state index contributed by atoms with van der Waals surface area (Å²) < 4.78 is 21.3. The summed E-state index contributed by atoms with van der Waals surface area (Å²) in [6, 6.07) is 5.90. The Hall–Kier alpha value is -1.09. The number of thioether (sulfide) groups is 1. The van der Waals surface area contributed by atoms with Gasteiger partial charge in [-0.1, -0.05) is 67.0 Å². The molecule has 4 nitrogen and oxygen atoms in total. The second-order valence-corrected chi connectivity index (χ2v) is 9.87. The lowest BCUT2D eigenvalue weighted by atomic mass is 10.1. The van der Waals surface area contributed by atoms with Crippen molar-refractivity contribution < 1.29 is 13.9 Å². The summed E-state index contributed by atoms with van der Waals surface area (Å²) in [4.78, 5) is 24.0. The molecule has 0 aliphatic rings. The van der Waals surface area contributed by atoms with E-state index in [1.54, 1.807) is 10.6 Å². The molecule has 1 aromatic carbocycles. The van der Waals surface area contributed by atoms with Crippen LogP contribution in [0.3, 0.4) is 0 Å². The fourth-order valence-electron chi connectivity index (χ4n) is 3.30. The Kier molecular flexibility index (Phi) is 11.2. The number of nitrogens with zero attached hydrogens (tertiary/aromatic N) is 1. The van der Waals surface area contributed by atoms with Gasteiger partial charge in [0, 0.05) is 23.8 Å². The molecule has 1 aromatic heterocycles. The molecule has 0 spiro atoms. The molecule has 0 aliphatic carbocycles. The predicted molar refractivity (Wildman–Crippen MR) is 133 cm³/mol. The van der Waals surface area contributed by atoms with Crippen LogP contribution < -0.4 is 10.3 Å². The van der Waals surface area contributed by atoms with Gasteiger partial charge in [-0.05, 0) is 44.4 Å². The van der Waals surface area contributed by atoms with Gasteiger partial charge >= 0.3 is 0 Å². The van der Waals surface area contributed by atoms with Crippen molar-refractivity contribution in [3.8, 4) is 5.75 Å². The van der Waals surface area contributed by atoms with Crippen LogP contribution in [-0.4, -0.2) is 26.0 Å². The third-order valence-corrected chi connectivity index (χ3v) is 7.94. The highest BCUT2D eigenvalue weighted by molar-refractivity contribution is 14.1. The van der Waals surface area contributed by atoms with Crippen LogP contribution in [0.25, 0.3) is 10.9 Å². The smallest absolute Gasteiger partial charge is 0.254 e. The fourth-order valence-corrected chi connectivity index (χ4v) is 4.73. The lowest BCUT2D eigenvalue weighted by Crippen LogP contribution is -2.19. The molecule has 0 aliphatic heterocycles. The Balaban J connectivity index is 1.69. The normalized spacial score (nSPS) is 12.3. The Bertz CT molecular complexity index is 887. The zero-order valence-electron chi connectivity index (χ0n) is 17.8. The number of hydrogen-bond donors (Lipinski definition) is 0. The molecule has 2 rings (SSSR count). The van der Waals surface area contributed by atoms with E-state index in [4.69, 9.17) is 4.74 Å². The molecule has 30 heavy (non-hydrogen) atoms. The van der Waals surface area contributed by atoms with E-state index in [1.165, 1.54) is 30.0 Å². The second-order valence-electron chi connectivity index (χ2n) is 7.27. The Labute approximate surface area is 196 Å². The maximum Gasteiger partial charge on any atom is 0.254 e. The molecule has 7 heteroatoms. The minimum atomic E-state index is -0.336. The molecular weight excluding hydrogens is 516 g/mol. The minimum Gasteiger partial charge on any atom is -0.493 e. The maximum absolute atomic E-state index is 13.7. The average Bonchev–Trinajstić information content (AvgIpc) is 2.74. The van der Waals surface area contributed by atoms with Gasteiger partial charge in [-0.3, -0.25) is 9.59 Å². The highest BCUT2D eigenvalue weighted by Crippen LogP contribution is 2.25. The van der Waals surface area contributed by atoms with Gasteiger partial charge in [0.15, 0.2) is 0 Å². The first-order valence-electron chi connectivity index (χ1n) is 10.7. The van der Waals surface area contributed by atoms with E-state index < -0.39 is 0 Å². The standard InChI is InChI=1S/C23H31FINO3S/c1-3-19(25)23(28)30-14-10-8-6-5-7-9-13-29-21-16-22(27)26(4-2)20-12-11-17(24)15-18(20)21/h11-12,15-16,19H,3-10,13-14H2,1-2H3. The van der Waals surface area contributed by atoms with Crippen LogP contribution in [0, 0.1) is 5.82 Å². The number of benzene rings is 1. The third-order valence-electron chi connectivity index (χ3n) is 5.01. The van der Waals surface area contributed by atoms with E-state index in [0.717, 1.165) is 50.7 Å². The maximum atomic E-state index is 13.7. The van der Waals surface area contributed by atoms with Crippen molar-refractivity contribution in [3.63, 3.8) is 0 Å². The third kappa shape index (κ3) is 7.55. The highest BCUT2D eigenvalue weighted by Gasteiger charge is 2.12. The van der Waals surface area contributed by atoms with E-state index in [9.17, 15) is 14.0 Å². The van der Waals surface area contributed by atoms with Gasteiger partial charge in [0.25, 0.3) is 5.56 Å². The molecule has 166 valence electrons. The molecule has 0 amide bonds. The number of fused-ring (bicyclic) bond motifs is 1. The van der Waals surface area contributed by atoms with E-state index in [2.05, 4.69) is 22.6 Å². The van der Waals surface area contributed by atoms with Crippen LogP contribution >= 0.6 is 34.4 Å². The number of hydrogen-bond acceptors (Lipinski definition) is 4. The van der Waals surface area contributed by atoms with Crippen molar-refractivity contribution in [2.75, 3.05) is 12.4 Å². The molecule has 0 fully saturated rings. The van der Waals surface area contributed by atoms with E-state index in [0.29, 0.717) is 34.9 Å². The zero-order chi connectivity index (χ0) is 21.9. The Morgan fingerprint density at radius 1 is 1.13 bits per heavy atom. The van der Waals surface area contributed by atoms with Crippen molar-refractivity contribution in [2.24, 2.45) is 0 Å². The summed E-state index contributed by atoms with van der Waals surface area (Å²) in [5.41, 5.74) is 0.571. The molecule has 0 N–H and O–H groups in total. The van der Waals surface area contributed by atoms with Gasteiger partial charge in [-0.2, -0.15) is 0 Å². The average molecular weight is 547 g/mol. The lowest BCUT2D eigenvalue weighted by Gasteiger charge is -2.13. The van der Waals surface area contributed by atoms with Crippen molar-refractivity contribution in [1.82, 2.24) is 4.57 Å². The second kappa shape index (κ2) is 13.3. The molecule has 2 aromatic rings. The number of aromatic nitrogens is 1. The number of aryl methyl sites for hydroxylation is 1. The Morgan fingerprint density at radius 3 is 2.53 bits per heavy atom. The van der Waals surface area contributed by atoms with E-state index in [1.807, 2.05) is 13.8 Å². The molecule has 1 atom stereocenters. The number of alkyl halides is 1. The number of unbranched alkanes of at least 4 members (excludes halogenated alkanes) is 5. The molecule has 1 unspecified atom stereocenters. The van der Waals surface area contributed by atoms with Crippen molar-refractivity contribution in [3.05, 3.63) is 40.4 Å². The minimum absolute atomic E-state index is 0.129. The summed E-state index contributed by atoms with van der Waals surface area (Å²) in [5.74, 6) is 1.03. The number of pyridine rings is 1. The predicted octanol–water partition coefficient (Wildman–Crippen LogP) is 6.35. The summed E-state index contributed by atoms with van der Waals surface area (Å²) in [5, 5.41) is 0.939. The molecule has 0 bridgehead atoms. The van der Waals surface area contributed by atoms with Crippen molar-refractivity contribution in [1.29, 1.82) is 0 Å². The van der Waals surface area contributed by atoms with Crippen LogP contribution in [0.5, 0.6) is 5.75 Å². The summed E-state index contributed by atoms with van der Waals surface area (Å²) in [6.07, 6.45) is 7.33. The van der Waals surface area contributed by atoms with Gasteiger partial charge in [0.1, 0.15) is 11.6 Å². The molecule has 0 saturated carbocycles. The highest BCUT2D eigenvalue weighted by atomic mass is 127. The number of carbonyl (C=O) groups is 1. The summed E-state index contributed by atoms with van der Waals surface area (Å²) >= 11 is 3.68. The zero-order valence-corrected chi connectivity index (χ0v) is 20.8. The summed E-state index contributed by atoms with van der Waals surface area (Å²) in [6.45, 7) is 4.98. The van der Waals surface area contributed by atoms with Crippen LogP contribution in [0.1, 0.15) is 58.8 Å². The lowest BCUT2D eigenvalue weighted by molar-refractivity contribution is -0.110. The first kappa shape index (κ1) is 25.2. The molecule has 0 saturated heterocycles. The number of halogens is 2. The van der Waals surface area contributed by atoms with Gasteiger partial charge in [0.2, 0.25) is 5.12 Å². The van der Waals surface area contributed by atoms with Crippen LogP contribution in [0.2, 0.25) is 0 Å². The van der Waals surface area contributed by atoms with Gasteiger partial charge in [-0.15, -0.1) is 0 Å². The number of rotatable bonds is 13. The van der Waals surface area contributed by atoms with Gasteiger partial charge < -0.3 is 9.30 Å². The fraction of sp³-hybridized carbons (Fsp3) is 0.565. The SMILES string of the molecule is CCC(I)C(=O)SCCCCCCCCOc1cc(=O)n(CC)c2ccc(F)cc12. The van der Waals surface area contributed by atoms with Crippen LogP contribution in [0.4, 0.5) is 4.39 Å². The Morgan fingerprint density at radius 2 is 1.83 bits per heavy atom. The molecule has 1 heterocycles. The van der Waals surface area contributed by atoms with E-state index >= 15 is 0 Å². The van der Waals surface area contributed by atoms with Crippen molar-refractivity contribution in [2.45, 2.75) is 69.3 Å². The van der Waals surface area contributed by atoms with E-state index in [-0.39, 0.29) is 15.3 Å². The van der Waals surface area contributed by atoms with Crippen molar-refractivity contribution >= 4 is 50.4 Å². The molecule has 0 radical (unpaired) electrons. The van der Waals surface area contributed by atoms with Crippen LogP contribution in [-0.2, 0) is 11.3 Å². The molecular formula is C23H31FINO3S. The largest absolute Gasteiger partial charge is 0.493 e. The van der Waals surface area contributed by atoms with Gasteiger partial charge in [0.05, 0.1) is 16.0 Å². The quantitative estimate of drug-likeness (QED) is 0.167. The topological polar surface area (TPSA) is 48.3 Å². The van der Waals surface area contributed by atoms with Gasteiger partial charge in [-0.25, -0.2) is 4.39 Å².